The quantitative estimate of drug-likeness (QED) is 0.0344. The van der Waals surface area contributed by atoms with E-state index in [2.05, 4.69) is 27.7 Å². The van der Waals surface area contributed by atoms with Gasteiger partial charge in [0.05, 0.1) is 0 Å². The maximum Gasteiger partial charge on any atom is 0.306 e. The van der Waals surface area contributed by atoms with E-state index in [0.717, 1.165) is 63.7 Å². The summed E-state index contributed by atoms with van der Waals surface area (Å²) in [6.45, 7) is 9.05. The first-order valence-corrected chi connectivity index (χ1v) is 28.4. The summed E-state index contributed by atoms with van der Waals surface area (Å²) in [5, 5.41) is 0. The molecular formula is C57H110O6. The molecule has 0 aromatic carbocycles. The second-order valence-corrected chi connectivity index (χ2v) is 20.1. The van der Waals surface area contributed by atoms with Crippen molar-refractivity contribution in [2.45, 2.75) is 329 Å². The number of carbonyl (C=O) groups excluding carboxylic acids is 3. The molecule has 0 fully saturated rings. The molecule has 0 saturated carbocycles. The van der Waals surface area contributed by atoms with E-state index in [1.165, 1.54) is 218 Å². The Balaban J connectivity index is 4.27. The average Bonchev–Trinajstić information content (AvgIpc) is 3.27. The Kier molecular flexibility index (Phi) is 50.1. The van der Waals surface area contributed by atoms with Crippen LogP contribution in [0.5, 0.6) is 0 Å². The number of carbonyl (C=O) groups is 3. The number of hydrogen-bond donors (Lipinski definition) is 0. The average molecular weight is 892 g/mol. The van der Waals surface area contributed by atoms with Crippen LogP contribution in [0.3, 0.4) is 0 Å². The normalized spacial score (nSPS) is 12.0. The molecule has 0 unspecified atom stereocenters. The first kappa shape index (κ1) is 61.4. The number of hydrogen-bond acceptors (Lipinski definition) is 6. The predicted molar refractivity (Wildman–Crippen MR) is 270 cm³/mol. The molecule has 6 nitrogen and oxygen atoms in total. The molecule has 0 rings (SSSR count). The van der Waals surface area contributed by atoms with Gasteiger partial charge in [-0.25, -0.2) is 0 Å². The fourth-order valence-corrected chi connectivity index (χ4v) is 8.75. The number of ether oxygens (including phenoxy) is 3. The fraction of sp³-hybridized carbons (Fsp3) is 0.947. The Hall–Kier alpha value is -1.59. The van der Waals surface area contributed by atoms with Gasteiger partial charge in [-0.3, -0.25) is 14.4 Å². The van der Waals surface area contributed by atoms with Gasteiger partial charge in [0.2, 0.25) is 0 Å². The van der Waals surface area contributed by atoms with E-state index in [-0.39, 0.29) is 31.1 Å². The molecule has 6 heteroatoms. The molecule has 0 amide bonds. The summed E-state index contributed by atoms with van der Waals surface area (Å²) < 4.78 is 16.9. The molecule has 0 saturated heterocycles. The number of rotatable bonds is 52. The maximum absolute atomic E-state index is 12.8. The van der Waals surface area contributed by atoms with Gasteiger partial charge in [0.25, 0.3) is 0 Å². The van der Waals surface area contributed by atoms with E-state index in [1.54, 1.807) is 0 Å². The highest BCUT2D eigenvalue weighted by Gasteiger charge is 2.19. The Morgan fingerprint density at radius 1 is 0.302 bits per heavy atom. The van der Waals surface area contributed by atoms with Crippen molar-refractivity contribution in [1.82, 2.24) is 0 Å². The van der Waals surface area contributed by atoms with E-state index in [9.17, 15) is 14.4 Å². The lowest BCUT2D eigenvalue weighted by atomic mass is 10.0. The van der Waals surface area contributed by atoms with E-state index < -0.39 is 6.10 Å². The van der Waals surface area contributed by atoms with Crippen LogP contribution in [0, 0.1) is 5.92 Å². The number of unbranched alkanes of at least 4 members (excludes halogenated alkanes) is 39. The van der Waals surface area contributed by atoms with Crippen LogP contribution >= 0.6 is 0 Å². The highest BCUT2D eigenvalue weighted by molar-refractivity contribution is 5.71. The zero-order chi connectivity index (χ0) is 45.9. The maximum atomic E-state index is 12.8. The molecule has 0 aliphatic carbocycles. The standard InChI is InChI=1S/C57H110O6/c1-5-7-9-11-13-15-17-19-20-21-22-23-25-28-32-36-40-44-48-55(58)61-51-54(63-57(60)50-46-42-38-34-29-24-18-16-14-12-10-8-6-2)52-62-56(59)49-45-41-37-33-30-26-27-31-35-39-43-47-53(3)4/h53-54H,5-52H2,1-4H3/t54-/m1/s1. The van der Waals surface area contributed by atoms with E-state index in [1.807, 2.05) is 0 Å². The zero-order valence-corrected chi connectivity index (χ0v) is 43.0. The second-order valence-electron chi connectivity index (χ2n) is 20.1. The Bertz CT molecular complexity index is 949. The van der Waals surface area contributed by atoms with Crippen molar-refractivity contribution in [3.63, 3.8) is 0 Å². The predicted octanol–water partition coefficient (Wildman–Crippen LogP) is 18.6. The molecule has 0 aliphatic heterocycles. The van der Waals surface area contributed by atoms with Crippen molar-refractivity contribution in [3.05, 3.63) is 0 Å². The van der Waals surface area contributed by atoms with E-state index in [0.29, 0.717) is 19.3 Å². The summed E-state index contributed by atoms with van der Waals surface area (Å²) in [6.07, 6.45) is 55.2. The summed E-state index contributed by atoms with van der Waals surface area (Å²) in [5.74, 6) is -0.0107. The largest absolute Gasteiger partial charge is 0.462 e. The van der Waals surface area contributed by atoms with Gasteiger partial charge < -0.3 is 14.2 Å². The summed E-state index contributed by atoms with van der Waals surface area (Å²) >= 11 is 0. The fourth-order valence-electron chi connectivity index (χ4n) is 8.75. The lowest BCUT2D eigenvalue weighted by Gasteiger charge is -2.18. The van der Waals surface area contributed by atoms with Crippen LogP contribution in [-0.2, 0) is 28.6 Å². The van der Waals surface area contributed by atoms with Gasteiger partial charge in [-0.1, -0.05) is 285 Å². The van der Waals surface area contributed by atoms with Crippen molar-refractivity contribution in [2.75, 3.05) is 13.2 Å². The molecule has 1 atom stereocenters. The Morgan fingerprint density at radius 2 is 0.524 bits per heavy atom. The third-order valence-electron chi connectivity index (χ3n) is 13.0. The van der Waals surface area contributed by atoms with Crippen LogP contribution < -0.4 is 0 Å². The van der Waals surface area contributed by atoms with Gasteiger partial charge in [0.1, 0.15) is 13.2 Å². The molecule has 0 radical (unpaired) electrons. The van der Waals surface area contributed by atoms with Crippen LogP contribution in [0.2, 0.25) is 0 Å². The first-order valence-electron chi connectivity index (χ1n) is 28.4. The van der Waals surface area contributed by atoms with Crippen molar-refractivity contribution < 1.29 is 28.6 Å². The lowest BCUT2D eigenvalue weighted by molar-refractivity contribution is -0.167. The molecule has 0 N–H and O–H groups in total. The number of esters is 3. The van der Waals surface area contributed by atoms with Gasteiger partial charge >= 0.3 is 17.9 Å². The minimum absolute atomic E-state index is 0.0621. The minimum atomic E-state index is -0.761. The zero-order valence-electron chi connectivity index (χ0n) is 43.0. The van der Waals surface area contributed by atoms with Gasteiger partial charge in [-0.15, -0.1) is 0 Å². The molecular weight excluding hydrogens is 781 g/mol. The van der Waals surface area contributed by atoms with Crippen LogP contribution in [0.1, 0.15) is 323 Å². The third kappa shape index (κ3) is 51.3. The van der Waals surface area contributed by atoms with Crippen LogP contribution in [0.4, 0.5) is 0 Å². The first-order chi connectivity index (χ1) is 30.9. The molecule has 0 bridgehead atoms. The monoisotopic (exact) mass is 891 g/mol. The summed E-state index contributed by atoms with van der Waals surface area (Å²) in [6, 6.07) is 0. The molecule has 0 aromatic heterocycles. The van der Waals surface area contributed by atoms with Crippen molar-refractivity contribution in [3.8, 4) is 0 Å². The second kappa shape index (κ2) is 51.4. The summed E-state index contributed by atoms with van der Waals surface area (Å²) in [5.41, 5.74) is 0. The molecule has 374 valence electrons. The molecule has 0 aromatic rings. The summed E-state index contributed by atoms with van der Waals surface area (Å²) in [7, 11) is 0. The highest BCUT2D eigenvalue weighted by atomic mass is 16.6. The molecule has 0 aliphatic rings. The lowest BCUT2D eigenvalue weighted by Crippen LogP contribution is -2.30. The van der Waals surface area contributed by atoms with Crippen molar-refractivity contribution >= 4 is 17.9 Å². The van der Waals surface area contributed by atoms with Crippen molar-refractivity contribution in [1.29, 1.82) is 0 Å². The Morgan fingerprint density at radius 3 is 0.778 bits per heavy atom. The molecule has 63 heavy (non-hydrogen) atoms. The minimum Gasteiger partial charge on any atom is -0.462 e. The van der Waals surface area contributed by atoms with Gasteiger partial charge in [-0.2, -0.15) is 0 Å². The van der Waals surface area contributed by atoms with Gasteiger partial charge in [0.15, 0.2) is 6.10 Å². The van der Waals surface area contributed by atoms with Gasteiger partial charge in [-0.05, 0) is 25.2 Å². The molecule has 0 heterocycles. The van der Waals surface area contributed by atoms with Crippen LogP contribution in [-0.4, -0.2) is 37.2 Å². The van der Waals surface area contributed by atoms with Crippen molar-refractivity contribution in [2.24, 2.45) is 5.92 Å². The summed E-state index contributed by atoms with van der Waals surface area (Å²) in [4.78, 5) is 38.1. The topological polar surface area (TPSA) is 78.9 Å². The van der Waals surface area contributed by atoms with Gasteiger partial charge in [0, 0.05) is 19.3 Å². The van der Waals surface area contributed by atoms with E-state index >= 15 is 0 Å². The SMILES string of the molecule is CCCCCCCCCCCCCCCCCCCCC(=O)OC[C@H](COC(=O)CCCCCCCCCCCCCC(C)C)OC(=O)CCCCCCCCCCCCCCC. The highest BCUT2D eigenvalue weighted by Crippen LogP contribution is 2.18. The third-order valence-corrected chi connectivity index (χ3v) is 13.0. The van der Waals surface area contributed by atoms with Crippen LogP contribution in [0.25, 0.3) is 0 Å². The smallest absolute Gasteiger partial charge is 0.306 e. The van der Waals surface area contributed by atoms with Crippen LogP contribution in [0.15, 0.2) is 0 Å². The van der Waals surface area contributed by atoms with E-state index in [4.69, 9.17) is 14.2 Å². The molecule has 0 spiro atoms. The Labute approximate surface area is 393 Å².